The van der Waals surface area contributed by atoms with E-state index in [0.29, 0.717) is 19.6 Å². The number of oxime groups is 1. The molecule has 1 heterocycles. The molecule has 0 fully saturated rings. The van der Waals surface area contributed by atoms with Gasteiger partial charge in [-0.25, -0.2) is 4.79 Å². The van der Waals surface area contributed by atoms with E-state index in [4.69, 9.17) is 9.57 Å². The van der Waals surface area contributed by atoms with Crippen LogP contribution in [-0.2, 0) is 9.57 Å². The number of carbonyl (C=O) groups excluding carboxylic acids is 1. The minimum Gasteiger partial charge on any atom is -0.390 e. The van der Waals surface area contributed by atoms with Crippen molar-refractivity contribution in [3.8, 4) is 0 Å². The van der Waals surface area contributed by atoms with Crippen molar-refractivity contribution in [2.75, 3.05) is 20.3 Å². The fourth-order valence-corrected chi connectivity index (χ4v) is 2.36. The van der Waals surface area contributed by atoms with E-state index < -0.39 is 0 Å². The summed E-state index contributed by atoms with van der Waals surface area (Å²) < 4.78 is 5.06. The molecule has 2 unspecified atom stereocenters. The summed E-state index contributed by atoms with van der Waals surface area (Å²) in [5.41, 5.74) is 3.20. The van der Waals surface area contributed by atoms with Crippen molar-refractivity contribution in [2.45, 2.75) is 38.8 Å². The summed E-state index contributed by atoms with van der Waals surface area (Å²) in [5, 5.41) is 9.82. The second-order valence-corrected chi connectivity index (χ2v) is 5.75. The second-order valence-electron chi connectivity index (χ2n) is 5.75. The molecule has 2 amide bonds. The molecule has 1 aliphatic heterocycles. The number of hydrogen-bond donors (Lipinski definition) is 2. The lowest BCUT2D eigenvalue weighted by atomic mass is 10.0. The van der Waals surface area contributed by atoms with Crippen LogP contribution >= 0.6 is 0 Å². The number of amides is 2. The molecule has 2 N–H and O–H groups in total. The molecular weight excluding hydrogens is 294 g/mol. The lowest BCUT2D eigenvalue weighted by molar-refractivity contribution is 0.0861. The van der Waals surface area contributed by atoms with E-state index in [2.05, 4.69) is 34.8 Å². The molecule has 1 aromatic rings. The van der Waals surface area contributed by atoms with Crippen LogP contribution in [0.25, 0.3) is 0 Å². The number of benzene rings is 1. The Morgan fingerprint density at radius 1 is 1.43 bits per heavy atom. The molecule has 0 radical (unpaired) electrons. The first-order chi connectivity index (χ1) is 11.1. The van der Waals surface area contributed by atoms with Crippen LogP contribution in [0, 0.1) is 6.92 Å². The number of ether oxygens (including phenoxy) is 1. The summed E-state index contributed by atoms with van der Waals surface area (Å²) in [7, 11) is 1.62. The van der Waals surface area contributed by atoms with Gasteiger partial charge in [-0.15, -0.1) is 0 Å². The van der Waals surface area contributed by atoms with Crippen LogP contribution in [0.3, 0.4) is 0 Å². The van der Waals surface area contributed by atoms with Crippen LogP contribution < -0.4 is 10.6 Å². The monoisotopic (exact) mass is 319 g/mol. The molecule has 0 bridgehead atoms. The van der Waals surface area contributed by atoms with Crippen molar-refractivity contribution >= 4 is 11.7 Å². The first-order valence-corrected chi connectivity index (χ1v) is 7.95. The summed E-state index contributed by atoms with van der Waals surface area (Å²) >= 11 is 0. The van der Waals surface area contributed by atoms with E-state index in [-0.39, 0.29) is 18.2 Å². The van der Waals surface area contributed by atoms with Crippen LogP contribution in [0.15, 0.2) is 29.4 Å². The van der Waals surface area contributed by atoms with Crippen molar-refractivity contribution in [1.29, 1.82) is 0 Å². The fraction of sp³-hybridized carbons (Fsp3) is 0.529. The predicted molar refractivity (Wildman–Crippen MR) is 89.7 cm³/mol. The standard InChI is InChI=1S/C17H25N3O3/c1-4-14(11-22-3)19-17(21)18-10-15-9-16(20-23-15)13-7-5-12(2)6-8-13/h5-8,14-15H,4,9-11H2,1-3H3,(H2,18,19,21). The zero-order chi connectivity index (χ0) is 16.7. The number of nitrogens with one attached hydrogen (secondary N) is 2. The Hall–Kier alpha value is -2.08. The first kappa shape index (κ1) is 17.3. The highest BCUT2D eigenvalue weighted by atomic mass is 16.6. The van der Waals surface area contributed by atoms with Gasteiger partial charge in [-0.1, -0.05) is 41.9 Å². The average Bonchev–Trinajstić information content (AvgIpc) is 3.02. The molecule has 0 spiro atoms. The van der Waals surface area contributed by atoms with Gasteiger partial charge in [0.25, 0.3) is 0 Å². The lowest BCUT2D eigenvalue weighted by Gasteiger charge is -2.17. The Balaban J connectivity index is 1.74. The maximum absolute atomic E-state index is 11.9. The molecule has 6 heteroatoms. The highest BCUT2D eigenvalue weighted by molar-refractivity contribution is 6.01. The summed E-state index contributed by atoms with van der Waals surface area (Å²) in [6.45, 7) is 4.99. The zero-order valence-electron chi connectivity index (χ0n) is 14.0. The molecule has 6 nitrogen and oxygen atoms in total. The summed E-state index contributed by atoms with van der Waals surface area (Å²) in [6.07, 6.45) is 1.39. The van der Waals surface area contributed by atoms with E-state index >= 15 is 0 Å². The van der Waals surface area contributed by atoms with Gasteiger partial charge in [0.2, 0.25) is 0 Å². The molecule has 1 aromatic carbocycles. The molecular formula is C17H25N3O3. The van der Waals surface area contributed by atoms with E-state index in [1.807, 2.05) is 19.1 Å². The Kier molecular flexibility index (Phi) is 6.40. The van der Waals surface area contributed by atoms with Crippen molar-refractivity contribution in [3.05, 3.63) is 35.4 Å². The highest BCUT2D eigenvalue weighted by Crippen LogP contribution is 2.16. The second kappa shape index (κ2) is 8.53. The summed E-state index contributed by atoms with van der Waals surface area (Å²) in [5.74, 6) is 0. The van der Waals surface area contributed by atoms with E-state index in [0.717, 1.165) is 17.7 Å². The number of carbonyl (C=O) groups is 1. The molecule has 2 atom stereocenters. The van der Waals surface area contributed by atoms with Crippen molar-refractivity contribution in [1.82, 2.24) is 10.6 Å². The van der Waals surface area contributed by atoms with E-state index in [1.54, 1.807) is 7.11 Å². The SMILES string of the molecule is CCC(COC)NC(=O)NCC1CC(c2ccc(C)cc2)=NO1. The third-order valence-electron chi connectivity index (χ3n) is 3.80. The normalized spacial score (nSPS) is 18.0. The first-order valence-electron chi connectivity index (χ1n) is 7.95. The smallest absolute Gasteiger partial charge is 0.315 e. The molecule has 0 saturated heterocycles. The van der Waals surface area contributed by atoms with Crippen LogP contribution in [0.2, 0.25) is 0 Å². The van der Waals surface area contributed by atoms with Gasteiger partial charge in [0.05, 0.1) is 24.9 Å². The molecule has 126 valence electrons. The van der Waals surface area contributed by atoms with Crippen LogP contribution in [0.1, 0.15) is 30.9 Å². The quantitative estimate of drug-likeness (QED) is 0.809. The predicted octanol–water partition coefficient (Wildman–Crippen LogP) is 2.21. The molecule has 0 aliphatic carbocycles. The number of nitrogens with zero attached hydrogens (tertiary/aromatic N) is 1. The number of methoxy groups -OCH3 is 1. The van der Waals surface area contributed by atoms with Crippen molar-refractivity contribution in [2.24, 2.45) is 5.16 Å². The van der Waals surface area contributed by atoms with Gasteiger partial charge in [0, 0.05) is 13.5 Å². The Labute approximate surface area is 137 Å². The number of aryl methyl sites for hydroxylation is 1. The number of hydrogen-bond acceptors (Lipinski definition) is 4. The van der Waals surface area contributed by atoms with Crippen molar-refractivity contribution in [3.63, 3.8) is 0 Å². The highest BCUT2D eigenvalue weighted by Gasteiger charge is 2.23. The molecule has 0 saturated carbocycles. The van der Waals surface area contributed by atoms with E-state index in [1.165, 1.54) is 5.56 Å². The summed E-state index contributed by atoms with van der Waals surface area (Å²) in [6, 6.07) is 7.99. The van der Waals surface area contributed by atoms with Gasteiger partial charge in [0.1, 0.15) is 0 Å². The Morgan fingerprint density at radius 3 is 2.83 bits per heavy atom. The summed E-state index contributed by atoms with van der Waals surface area (Å²) in [4.78, 5) is 17.3. The average molecular weight is 319 g/mol. The van der Waals surface area contributed by atoms with Gasteiger partial charge < -0.3 is 20.2 Å². The largest absolute Gasteiger partial charge is 0.390 e. The number of urea groups is 1. The maximum atomic E-state index is 11.9. The minimum atomic E-state index is -0.207. The third-order valence-corrected chi connectivity index (χ3v) is 3.80. The zero-order valence-corrected chi connectivity index (χ0v) is 14.0. The van der Waals surface area contributed by atoms with Crippen LogP contribution in [0.4, 0.5) is 4.79 Å². The molecule has 2 rings (SSSR count). The molecule has 0 aromatic heterocycles. The van der Waals surface area contributed by atoms with Gasteiger partial charge in [-0.05, 0) is 18.9 Å². The molecule has 23 heavy (non-hydrogen) atoms. The Bertz CT molecular complexity index is 543. The fourth-order valence-electron chi connectivity index (χ4n) is 2.36. The van der Waals surface area contributed by atoms with Crippen molar-refractivity contribution < 1.29 is 14.4 Å². The number of rotatable bonds is 7. The van der Waals surface area contributed by atoms with Gasteiger partial charge >= 0.3 is 6.03 Å². The lowest BCUT2D eigenvalue weighted by Crippen LogP contribution is -2.45. The van der Waals surface area contributed by atoms with Gasteiger partial charge in [-0.3, -0.25) is 0 Å². The third kappa shape index (κ3) is 5.25. The molecule has 1 aliphatic rings. The van der Waals surface area contributed by atoms with Crippen LogP contribution in [-0.4, -0.2) is 44.2 Å². The topological polar surface area (TPSA) is 72.0 Å². The minimum absolute atomic E-state index is 0.0175. The van der Waals surface area contributed by atoms with Gasteiger partial charge in [0.15, 0.2) is 6.10 Å². The van der Waals surface area contributed by atoms with Gasteiger partial charge in [-0.2, -0.15) is 0 Å². The Morgan fingerprint density at radius 2 is 2.17 bits per heavy atom. The van der Waals surface area contributed by atoms with Crippen LogP contribution in [0.5, 0.6) is 0 Å². The van der Waals surface area contributed by atoms with E-state index in [9.17, 15) is 4.79 Å². The maximum Gasteiger partial charge on any atom is 0.315 e.